The van der Waals surface area contributed by atoms with Gasteiger partial charge in [-0.15, -0.1) is 0 Å². The maximum Gasteiger partial charge on any atom is 0.225 e. The molecule has 0 saturated heterocycles. The molecule has 0 aliphatic rings. The van der Waals surface area contributed by atoms with E-state index < -0.39 is 0 Å². The summed E-state index contributed by atoms with van der Waals surface area (Å²) < 4.78 is 0. The highest BCUT2D eigenvalue weighted by Crippen LogP contribution is 2.26. The van der Waals surface area contributed by atoms with Gasteiger partial charge in [0.05, 0.1) is 0 Å². The highest BCUT2D eigenvalue weighted by molar-refractivity contribution is 5.91. The molecule has 0 bridgehead atoms. The molecule has 1 aromatic rings. The fraction of sp³-hybridized carbons (Fsp3) is 0.579. The van der Waals surface area contributed by atoms with E-state index in [-0.39, 0.29) is 23.8 Å². The summed E-state index contributed by atoms with van der Waals surface area (Å²) in [6, 6.07) is 5.96. The lowest BCUT2D eigenvalue weighted by Gasteiger charge is -2.30. The van der Waals surface area contributed by atoms with Crippen LogP contribution >= 0.6 is 0 Å². The van der Waals surface area contributed by atoms with Crippen molar-refractivity contribution < 1.29 is 9.59 Å². The molecule has 0 atom stereocenters. The molecular weight excluding hydrogens is 302 g/mol. The van der Waals surface area contributed by atoms with Crippen molar-refractivity contribution >= 4 is 23.2 Å². The van der Waals surface area contributed by atoms with Gasteiger partial charge in [-0.05, 0) is 37.6 Å². The van der Waals surface area contributed by atoms with Crippen molar-refractivity contribution in [2.75, 3.05) is 24.3 Å². The molecule has 1 aromatic carbocycles. The second-order valence-electron chi connectivity index (χ2n) is 6.85. The van der Waals surface area contributed by atoms with Gasteiger partial charge in [0.25, 0.3) is 0 Å². The Bertz CT molecular complexity index is 580. The zero-order valence-electron chi connectivity index (χ0n) is 16.0. The molecule has 5 nitrogen and oxygen atoms in total. The molecular formula is C19H31N3O2. The number of nitrogens with one attached hydrogen (secondary N) is 1. The number of carbonyl (C=O) groups is 2. The van der Waals surface area contributed by atoms with Crippen LogP contribution in [0.4, 0.5) is 11.4 Å². The fourth-order valence-electron chi connectivity index (χ4n) is 2.51. The summed E-state index contributed by atoms with van der Waals surface area (Å²) in [5, 5.41) is 2.89. The van der Waals surface area contributed by atoms with Crippen LogP contribution in [0.15, 0.2) is 18.2 Å². The molecule has 0 aromatic heterocycles. The van der Waals surface area contributed by atoms with Crippen molar-refractivity contribution in [3.8, 4) is 0 Å². The van der Waals surface area contributed by atoms with Gasteiger partial charge < -0.3 is 15.1 Å². The number of hydrogen-bond donors (Lipinski definition) is 1. The van der Waals surface area contributed by atoms with Crippen molar-refractivity contribution in [1.29, 1.82) is 0 Å². The first-order valence-electron chi connectivity index (χ1n) is 8.57. The van der Waals surface area contributed by atoms with Gasteiger partial charge >= 0.3 is 0 Å². The summed E-state index contributed by atoms with van der Waals surface area (Å²) in [5.41, 5.74) is 2.84. The fourth-order valence-corrected chi connectivity index (χ4v) is 2.51. The maximum absolute atomic E-state index is 12.5. The molecule has 0 fully saturated rings. The van der Waals surface area contributed by atoms with Gasteiger partial charge in [-0.3, -0.25) is 9.59 Å². The van der Waals surface area contributed by atoms with Crippen molar-refractivity contribution in [1.82, 2.24) is 4.90 Å². The minimum absolute atomic E-state index is 0.0162. The molecule has 0 spiro atoms. The summed E-state index contributed by atoms with van der Waals surface area (Å²) in [5.74, 6) is 0.0772. The van der Waals surface area contributed by atoms with E-state index >= 15 is 0 Å². The van der Waals surface area contributed by atoms with Crippen LogP contribution in [0.25, 0.3) is 0 Å². The van der Waals surface area contributed by atoms with Gasteiger partial charge in [0.1, 0.15) is 0 Å². The predicted octanol–water partition coefficient (Wildman–Crippen LogP) is 3.49. The smallest absolute Gasteiger partial charge is 0.225 e. The molecule has 5 heteroatoms. The average Bonchev–Trinajstić information content (AvgIpc) is 2.51. The van der Waals surface area contributed by atoms with E-state index in [9.17, 15) is 9.59 Å². The van der Waals surface area contributed by atoms with Gasteiger partial charge in [0, 0.05) is 50.4 Å². The van der Waals surface area contributed by atoms with Gasteiger partial charge in [0.2, 0.25) is 11.8 Å². The lowest BCUT2D eigenvalue weighted by Crippen LogP contribution is -2.39. The van der Waals surface area contributed by atoms with Crippen LogP contribution in [-0.2, 0) is 16.1 Å². The monoisotopic (exact) mass is 333 g/mol. The molecule has 0 aliphatic carbocycles. The van der Waals surface area contributed by atoms with Gasteiger partial charge in [0.15, 0.2) is 0 Å². The van der Waals surface area contributed by atoms with Crippen LogP contribution in [0, 0.1) is 5.92 Å². The van der Waals surface area contributed by atoms with Gasteiger partial charge in [-0.1, -0.05) is 20.8 Å². The summed E-state index contributed by atoms with van der Waals surface area (Å²) in [6.45, 7) is 10.2. The van der Waals surface area contributed by atoms with Crippen LogP contribution in [-0.4, -0.2) is 36.9 Å². The van der Waals surface area contributed by atoms with Crippen molar-refractivity contribution in [2.45, 2.75) is 53.6 Å². The number of amides is 2. The molecule has 2 amide bonds. The quantitative estimate of drug-likeness (QED) is 0.831. The van der Waals surface area contributed by atoms with Crippen LogP contribution in [0.2, 0.25) is 0 Å². The second-order valence-corrected chi connectivity index (χ2v) is 6.85. The summed E-state index contributed by atoms with van der Waals surface area (Å²) in [6.07, 6.45) is 0.439. The highest BCUT2D eigenvalue weighted by atomic mass is 16.2. The third kappa shape index (κ3) is 5.25. The summed E-state index contributed by atoms with van der Waals surface area (Å²) in [4.78, 5) is 28.1. The SMILES string of the molecule is CCC(=O)Nc1ccc(N(C)C)c(CN(C(=O)C(C)C)C(C)C)c1. The number of nitrogens with zero attached hydrogens (tertiary/aromatic N) is 2. The largest absolute Gasteiger partial charge is 0.377 e. The van der Waals surface area contributed by atoms with Gasteiger partial charge in [-0.25, -0.2) is 0 Å². The molecule has 0 radical (unpaired) electrons. The molecule has 0 aliphatic heterocycles. The van der Waals surface area contributed by atoms with Crippen molar-refractivity contribution in [2.24, 2.45) is 5.92 Å². The van der Waals surface area contributed by atoms with Gasteiger partial charge in [-0.2, -0.15) is 0 Å². The zero-order valence-corrected chi connectivity index (χ0v) is 16.0. The Kier molecular flexibility index (Phi) is 7.26. The van der Waals surface area contributed by atoms with Crippen LogP contribution in [0.5, 0.6) is 0 Å². The Hall–Kier alpha value is -2.04. The molecule has 134 valence electrons. The van der Waals surface area contributed by atoms with E-state index in [0.29, 0.717) is 13.0 Å². The topological polar surface area (TPSA) is 52.7 Å². The lowest BCUT2D eigenvalue weighted by atomic mass is 10.1. The van der Waals surface area contributed by atoms with Crippen LogP contribution in [0.3, 0.4) is 0 Å². The molecule has 0 unspecified atom stereocenters. The second kappa shape index (κ2) is 8.71. The molecule has 1 N–H and O–H groups in total. The third-order valence-electron chi connectivity index (χ3n) is 3.91. The first-order valence-corrected chi connectivity index (χ1v) is 8.57. The van der Waals surface area contributed by atoms with E-state index in [2.05, 4.69) is 5.32 Å². The predicted molar refractivity (Wildman–Crippen MR) is 100 cm³/mol. The molecule has 24 heavy (non-hydrogen) atoms. The van der Waals surface area contributed by atoms with E-state index in [1.165, 1.54) is 0 Å². The van der Waals surface area contributed by atoms with E-state index in [1.807, 2.05) is 76.7 Å². The van der Waals surface area contributed by atoms with E-state index in [4.69, 9.17) is 0 Å². The standard InChI is InChI=1S/C19H31N3O2/c1-8-18(23)20-16-9-10-17(21(6)7)15(11-16)12-22(14(4)5)19(24)13(2)3/h9-11,13-14H,8,12H2,1-7H3,(H,20,23). The number of hydrogen-bond acceptors (Lipinski definition) is 3. The molecule has 0 saturated carbocycles. The van der Waals surface area contributed by atoms with E-state index in [1.54, 1.807) is 0 Å². The highest BCUT2D eigenvalue weighted by Gasteiger charge is 2.21. The molecule has 0 heterocycles. The molecule has 1 rings (SSSR count). The normalized spacial score (nSPS) is 10.9. The zero-order chi connectivity index (χ0) is 18.4. The lowest BCUT2D eigenvalue weighted by molar-refractivity contribution is -0.136. The Morgan fingerprint density at radius 2 is 1.75 bits per heavy atom. The Morgan fingerprint density at radius 3 is 2.21 bits per heavy atom. The van der Waals surface area contributed by atoms with E-state index in [0.717, 1.165) is 16.9 Å². The Balaban J connectivity index is 3.19. The number of anilines is 2. The first-order chi connectivity index (χ1) is 11.2. The first kappa shape index (κ1) is 20.0. The Labute approximate surface area is 146 Å². The number of rotatable bonds is 7. The van der Waals surface area contributed by atoms with Crippen LogP contribution < -0.4 is 10.2 Å². The summed E-state index contributed by atoms with van der Waals surface area (Å²) in [7, 11) is 3.96. The average molecular weight is 333 g/mol. The minimum atomic E-state index is -0.0433. The third-order valence-corrected chi connectivity index (χ3v) is 3.91. The van der Waals surface area contributed by atoms with Crippen molar-refractivity contribution in [3.05, 3.63) is 23.8 Å². The maximum atomic E-state index is 12.5. The number of carbonyl (C=O) groups excluding carboxylic acids is 2. The minimum Gasteiger partial charge on any atom is -0.377 e. The Morgan fingerprint density at radius 1 is 1.12 bits per heavy atom. The van der Waals surface area contributed by atoms with Crippen LogP contribution in [0.1, 0.15) is 46.6 Å². The summed E-state index contributed by atoms with van der Waals surface area (Å²) >= 11 is 0. The van der Waals surface area contributed by atoms with Crippen molar-refractivity contribution in [3.63, 3.8) is 0 Å². The number of benzene rings is 1.